The Labute approximate surface area is 106 Å². The van der Waals surface area contributed by atoms with E-state index in [1.54, 1.807) is 0 Å². The largest absolute Gasteiger partial charge is 0.300 e. The quantitative estimate of drug-likeness (QED) is 0.849. The molecule has 0 aliphatic heterocycles. The van der Waals surface area contributed by atoms with Gasteiger partial charge in [-0.25, -0.2) is 0 Å². The second-order valence-electron chi connectivity index (χ2n) is 4.61. The first-order valence-electron chi connectivity index (χ1n) is 5.65. The molecule has 0 unspecified atom stereocenters. The summed E-state index contributed by atoms with van der Waals surface area (Å²) in [4.78, 5) is 4.19. The number of aromatic amines is 1. The van der Waals surface area contributed by atoms with Crippen LogP contribution in [0.1, 0.15) is 19.4 Å². The van der Waals surface area contributed by atoms with Gasteiger partial charge in [-0.15, -0.1) is 0 Å². The molecule has 5 heteroatoms. The van der Waals surface area contributed by atoms with Crippen molar-refractivity contribution in [3.05, 3.63) is 28.8 Å². The van der Waals surface area contributed by atoms with Crippen molar-refractivity contribution in [2.24, 2.45) is 5.92 Å². The molecule has 2 aromatic heterocycles. The number of pyridine rings is 1. The summed E-state index contributed by atoms with van der Waals surface area (Å²) in [7, 11) is 0. The summed E-state index contributed by atoms with van der Waals surface area (Å²) in [6.07, 6.45) is 3.65. The van der Waals surface area contributed by atoms with Crippen molar-refractivity contribution in [3.8, 4) is 11.4 Å². The number of nitrogens with one attached hydrogen (secondary N) is 1. The second-order valence-corrected chi connectivity index (χ2v) is 4.99. The first kappa shape index (κ1) is 12.0. The molecular formula is C12H16N4S. The van der Waals surface area contributed by atoms with E-state index in [0.29, 0.717) is 10.7 Å². The van der Waals surface area contributed by atoms with Gasteiger partial charge in [-0.3, -0.25) is 14.6 Å². The molecule has 0 saturated heterocycles. The smallest absolute Gasteiger partial charge is 0.195 e. The topological polar surface area (TPSA) is 46.5 Å². The average Bonchev–Trinajstić information content (AvgIpc) is 2.60. The zero-order valence-electron chi connectivity index (χ0n) is 10.3. The molecule has 1 N–H and O–H groups in total. The molecular weight excluding hydrogens is 232 g/mol. The van der Waals surface area contributed by atoms with Gasteiger partial charge < -0.3 is 0 Å². The van der Waals surface area contributed by atoms with E-state index < -0.39 is 0 Å². The highest BCUT2D eigenvalue weighted by Gasteiger charge is 2.10. The number of H-pyrrole nitrogens is 1. The van der Waals surface area contributed by atoms with Crippen LogP contribution in [0.5, 0.6) is 0 Å². The van der Waals surface area contributed by atoms with Crippen LogP contribution >= 0.6 is 12.2 Å². The SMILES string of the molecule is Cc1cncc(-c2n[nH]c(=S)n2CC(C)C)c1. The Bertz CT molecular complexity index is 568. The summed E-state index contributed by atoms with van der Waals surface area (Å²) in [5.74, 6) is 1.38. The van der Waals surface area contributed by atoms with Crippen molar-refractivity contribution < 1.29 is 0 Å². The van der Waals surface area contributed by atoms with Crippen LogP contribution in [0.15, 0.2) is 18.5 Å². The molecule has 0 aromatic carbocycles. The third-order valence-electron chi connectivity index (χ3n) is 2.44. The van der Waals surface area contributed by atoms with Gasteiger partial charge in [0.25, 0.3) is 0 Å². The van der Waals surface area contributed by atoms with Crippen molar-refractivity contribution in [2.75, 3.05) is 0 Å². The number of nitrogens with zero attached hydrogens (tertiary/aromatic N) is 3. The third-order valence-corrected chi connectivity index (χ3v) is 2.75. The van der Waals surface area contributed by atoms with E-state index in [1.165, 1.54) is 0 Å². The van der Waals surface area contributed by atoms with Gasteiger partial charge in [-0.05, 0) is 36.7 Å². The molecule has 0 spiro atoms. The molecule has 0 fully saturated rings. The first-order valence-corrected chi connectivity index (χ1v) is 6.06. The van der Waals surface area contributed by atoms with Crippen molar-refractivity contribution in [1.82, 2.24) is 19.7 Å². The molecule has 0 bridgehead atoms. The van der Waals surface area contributed by atoms with Crippen molar-refractivity contribution in [1.29, 1.82) is 0 Å². The highest BCUT2D eigenvalue weighted by Crippen LogP contribution is 2.18. The van der Waals surface area contributed by atoms with Crippen LogP contribution in [0, 0.1) is 17.6 Å². The van der Waals surface area contributed by atoms with E-state index in [1.807, 2.05) is 23.9 Å². The molecule has 0 radical (unpaired) electrons. The van der Waals surface area contributed by atoms with Crippen LogP contribution in [-0.4, -0.2) is 19.7 Å². The summed E-state index contributed by atoms with van der Waals surface area (Å²) >= 11 is 5.25. The highest BCUT2D eigenvalue weighted by atomic mass is 32.1. The minimum Gasteiger partial charge on any atom is -0.300 e. The Kier molecular flexibility index (Phi) is 3.38. The molecule has 2 heterocycles. The van der Waals surface area contributed by atoms with E-state index in [2.05, 4.69) is 35.1 Å². The normalized spacial score (nSPS) is 11.1. The first-order chi connectivity index (χ1) is 8.08. The molecule has 0 amide bonds. The maximum atomic E-state index is 5.25. The van der Waals surface area contributed by atoms with Crippen LogP contribution in [-0.2, 0) is 6.54 Å². The average molecular weight is 248 g/mol. The van der Waals surface area contributed by atoms with E-state index in [4.69, 9.17) is 12.2 Å². The van der Waals surface area contributed by atoms with Crippen LogP contribution in [0.25, 0.3) is 11.4 Å². The molecule has 2 aromatic rings. The zero-order chi connectivity index (χ0) is 12.4. The lowest BCUT2D eigenvalue weighted by Gasteiger charge is -2.09. The van der Waals surface area contributed by atoms with Gasteiger partial charge in [0.05, 0.1) is 0 Å². The number of rotatable bonds is 3. The molecule has 90 valence electrons. The highest BCUT2D eigenvalue weighted by molar-refractivity contribution is 7.71. The van der Waals surface area contributed by atoms with Crippen LogP contribution < -0.4 is 0 Å². The Balaban J connectivity index is 2.49. The Morgan fingerprint density at radius 1 is 1.41 bits per heavy atom. The fourth-order valence-corrected chi connectivity index (χ4v) is 1.96. The molecule has 2 rings (SSSR count). The van der Waals surface area contributed by atoms with E-state index in [9.17, 15) is 0 Å². The Hall–Kier alpha value is -1.49. The van der Waals surface area contributed by atoms with Crippen LogP contribution in [0.4, 0.5) is 0 Å². The van der Waals surface area contributed by atoms with Crippen LogP contribution in [0.3, 0.4) is 0 Å². The molecule has 4 nitrogen and oxygen atoms in total. The third kappa shape index (κ3) is 2.61. The predicted octanol–water partition coefficient (Wildman–Crippen LogP) is 2.97. The van der Waals surface area contributed by atoms with Gasteiger partial charge in [0.1, 0.15) is 0 Å². The molecule has 0 atom stereocenters. The number of hydrogen-bond acceptors (Lipinski definition) is 3. The maximum Gasteiger partial charge on any atom is 0.195 e. The Morgan fingerprint density at radius 2 is 2.18 bits per heavy atom. The van der Waals surface area contributed by atoms with Crippen molar-refractivity contribution in [2.45, 2.75) is 27.3 Å². The standard InChI is InChI=1S/C12H16N4S/c1-8(2)7-16-11(14-15-12(16)17)10-4-9(3)5-13-6-10/h4-6,8H,7H2,1-3H3,(H,15,17). The van der Waals surface area contributed by atoms with Gasteiger partial charge in [0, 0.05) is 24.5 Å². The van der Waals surface area contributed by atoms with Crippen molar-refractivity contribution in [3.63, 3.8) is 0 Å². The zero-order valence-corrected chi connectivity index (χ0v) is 11.1. The lowest BCUT2D eigenvalue weighted by molar-refractivity contribution is 0.521. The number of aryl methyl sites for hydroxylation is 1. The van der Waals surface area contributed by atoms with Gasteiger partial charge in [-0.2, -0.15) is 5.10 Å². The Morgan fingerprint density at radius 3 is 2.82 bits per heavy atom. The molecule has 17 heavy (non-hydrogen) atoms. The predicted molar refractivity (Wildman–Crippen MR) is 70.2 cm³/mol. The molecule has 0 aliphatic carbocycles. The van der Waals surface area contributed by atoms with Gasteiger partial charge in [0.2, 0.25) is 0 Å². The summed E-state index contributed by atoms with van der Waals surface area (Å²) in [6.45, 7) is 7.20. The number of aromatic nitrogens is 4. The van der Waals surface area contributed by atoms with Crippen molar-refractivity contribution >= 4 is 12.2 Å². The maximum absolute atomic E-state index is 5.25. The lowest BCUT2D eigenvalue weighted by atomic mass is 10.2. The minimum absolute atomic E-state index is 0.524. The summed E-state index contributed by atoms with van der Waals surface area (Å²) in [5, 5.41) is 7.13. The number of hydrogen-bond donors (Lipinski definition) is 1. The fourth-order valence-electron chi connectivity index (χ4n) is 1.75. The van der Waals surface area contributed by atoms with E-state index in [0.717, 1.165) is 23.5 Å². The van der Waals surface area contributed by atoms with Crippen LogP contribution in [0.2, 0.25) is 0 Å². The van der Waals surface area contributed by atoms with Gasteiger partial charge in [0.15, 0.2) is 10.6 Å². The van der Waals surface area contributed by atoms with Gasteiger partial charge in [-0.1, -0.05) is 13.8 Å². The van der Waals surface area contributed by atoms with E-state index >= 15 is 0 Å². The summed E-state index contributed by atoms with van der Waals surface area (Å²) in [6, 6.07) is 2.06. The second kappa shape index (κ2) is 4.79. The fraction of sp³-hybridized carbons (Fsp3) is 0.417. The molecule has 0 saturated carbocycles. The summed E-state index contributed by atoms with van der Waals surface area (Å²) < 4.78 is 2.69. The van der Waals surface area contributed by atoms with Gasteiger partial charge >= 0.3 is 0 Å². The molecule has 0 aliphatic rings. The summed E-state index contributed by atoms with van der Waals surface area (Å²) in [5.41, 5.74) is 2.12. The van der Waals surface area contributed by atoms with E-state index in [-0.39, 0.29) is 0 Å². The lowest BCUT2D eigenvalue weighted by Crippen LogP contribution is -2.06. The minimum atomic E-state index is 0.524. The monoisotopic (exact) mass is 248 g/mol.